The summed E-state index contributed by atoms with van der Waals surface area (Å²) in [6, 6.07) is 4.93. The summed E-state index contributed by atoms with van der Waals surface area (Å²) >= 11 is 0. The van der Waals surface area contributed by atoms with Crippen LogP contribution in [0.2, 0.25) is 0 Å². The lowest BCUT2D eigenvalue weighted by Gasteiger charge is -2.30. The lowest BCUT2D eigenvalue weighted by Crippen LogP contribution is -2.34. The number of likely N-dealkylation sites (tertiary alicyclic amines) is 1. The van der Waals surface area contributed by atoms with Crippen molar-refractivity contribution in [2.45, 2.75) is 26.2 Å². The van der Waals surface area contributed by atoms with Crippen molar-refractivity contribution in [1.29, 1.82) is 0 Å². The van der Waals surface area contributed by atoms with Gasteiger partial charge in [-0.05, 0) is 56.9 Å². The number of benzene rings is 1. The van der Waals surface area contributed by atoms with Crippen molar-refractivity contribution in [3.05, 3.63) is 30.3 Å². The van der Waals surface area contributed by atoms with Gasteiger partial charge in [0.2, 0.25) is 0 Å². The second-order valence-electron chi connectivity index (χ2n) is 6.16. The molecule has 0 bridgehead atoms. The van der Waals surface area contributed by atoms with E-state index in [0.29, 0.717) is 16.7 Å². The fourth-order valence-electron chi connectivity index (χ4n) is 3.00. The minimum atomic E-state index is -0.273. The van der Waals surface area contributed by atoms with Gasteiger partial charge in [-0.15, -0.1) is 0 Å². The van der Waals surface area contributed by atoms with Crippen LogP contribution in [-0.4, -0.2) is 41.0 Å². The Labute approximate surface area is 130 Å². The van der Waals surface area contributed by atoms with E-state index in [1.165, 1.54) is 38.3 Å². The van der Waals surface area contributed by atoms with Crippen molar-refractivity contribution < 1.29 is 4.39 Å². The first kappa shape index (κ1) is 15.2. The second kappa shape index (κ2) is 7.01. The summed E-state index contributed by atoms with van der Waals surface area (Å²) in [7, 11) is 0. The number of nitrogens with one attached hydrogen (secondary N) is 1. The lowest BCUT2D eigenvalue weighted by molar-refractivity contribution is 0.192. The maximum Gasteiger partial charge on any atom is 0.140 e. The molecule has 1 fully saturated rings. The van der Waals surface area contributed by atoms with E-state index in [9.17, 15) is 4.39 Å². The summed E-state index contributed by atoms with van der Waals surface area (Å²) in [5.41, 5.74) is 0.641. The molecule has 1 saturated heterocycles. The molecule has 1 N–H and O–H groups in total. The normalized spacial score (nSPS) is 17.0. The van der Waals surface area contributed by atoms with Crippen molar-refractivity contribution in [3.63, 3.8) is 0 Å². The molecule has 1 aromatic carbocycles. The highest BCUT2D eigenvalue weighted by Gasteiger charge is 2.15. The number of aromatic nitrogens is 2. The molecule has 1 aliphatic rings. The molecule has 0 unspecified atom stereocenters. The summed E-state index contributed by atoms with van der Waals surface area (Å²) < 4.78 is 14.0. The molecule has 0 atom stereocenters. The molecular weight excluding hydrogens is 279 g/mol. The van der Waals surface area contributed by atoms with E-state index >= 15 is 0 Å². The van der Waals surface area contributed by atoms with Crippen LogP contribution in [0.15, 0.2) is 24.5 Å². The largest absolute Gasteiger partial charge is 0.369 e. The van der Waals surface area contributed by atoms with Crippen molar-refractivity contribution >= 4 is 16.7 Å². The van der Waals surface area contributed by atoms with Gasteiger partial charge in [0.1, 0.15) is 18.0 Å². The van der Waals surface area contributed by atoms with Gasteiger partial charge in [0, 0.05) is 6.54 Å². The number of piperidine rings is 1. The summed E-state index contributed by atoms with van der Waals surface area (Å²) in [6.07, 6.45) is 5.12. The Morgan fingerprint density at radius 3 is 2.91 bits per heavy atom. The Balaban J connectivity index is 1.54. The van der Waals surface area contributed by atoms with Gasteiger partial charge in [0.15, 0.2) is 0 Å². The molecule has 0 amide bonds. The van der Waals surface area contributed by atoms with Crippen molar-refractivity contribution in [3.8, 4) is 0 Å². The molecule has 0 spiro atoms. The summed E-state index contributed by atoms with van der Waals surface area (Å²) in [6.45, 7) is 6.61. The Morgan fingerprint density at radius 2 is 2.09 bits per heavy atom. The maximum absolute atomic E-state index is 14.0. The Morgan fingerprint density at radius 1 is 1.27 bits per heavy atom. The lowest BCUT2D eigenvalue weighted by atomic mass is 9.99. The van der Waals surface area contributed by atoms with Gasteiger partial charge in [-0.2, -0.15) is 0 Å². The first-order valence-electron chi connectivity index (χ1n) is 8.09. The standard InChI is InChI=1S/C17H23FN4/c1-13-6-10-22(11-7-13)9-3-8-19-17-16-14(18)4-2-5-15(16)20-12-21-17/h2,4-5,12-13H,3,6-11H2,1H3,(H,19,20,21). The number of anilines is 1. The van der Waals surface area contributed by atoms with Gasteiger partial charge in [-0.3, -0.25) is 0 Å². The quantitative estimate of drug-likeness (QED) is 0.860. The average molecular weight is 302 g/mol. The van der Waals surface area contributed by atoms with E-state index < -0.39 is 0 Å². The van der Waals surface area contributed by atoms with Crippen LogP contribution in [0.4, 0.5) is 10.2 Å². The average Bonchev–Trinajstić information content (AvgIpc) is 2.53. The van der Waals surface area contributed by atoms with Crippen molar-refractivity contribution in [2.24, 2.45) is 5.92 Å². The molecule has 5 heteroatoms. The fourth-order valence-corrected chi connectivity index (χ4v) is 3.00. The van der Waals surface area contributed by atoms with E-state index in [1.807, 2.05) is 0 Å². The highest BCUT2D eigenvalue weighted by molar-refractivity contribution is 5.89. The predicted octanol–water partition coefficient (Wildman–Crippen LogP) is 3.30. The van der Waals surface area contributed by atoms with Crippen molar-refractivity contribution in [1.82, 2.24) is 14.9 Å². The van der Waals surface area contributed by atoms with Gasteiger partial charge < -0.3 is 10.2 Å². The number of nitrogens with zero attached hydrogens (tertiary/aromatic N) is 3. The van der Waals surface area contributed by atoms with Crippen LogP contribution in [0.3, 0.4) is 0 Å². The van der Waals surface area contributed by atoms with E-state index in [-0.39, 0.29) is 5.82 Å². The van der Waals surface area contributed by atoms with Crippen LogP contribution < -0.4 is 5.32 Å². The third kappa shape index (κ3) is 3.53. The minimum absolute atomic E-state index is 0.273. The van der Waals surface area contributed by atoms with E-state index in [0.717, 1.165) is 25.4 Å². The van der Waals surface area contributed by atoms with Crippen molar-refractivity contribution in [2.75, 3.05) is 31.5 Å². The molecule has 0 saturated carbocycles. The number of hydrogen-bond donors (Lipinski definition) is 1. The van der Waals surface area contributed by atoms with Crippen LogP contribution in [0, 0.1) is 11.7 Å². The zero-order valence-corrected chi connectivity index (χ0v) is 13.1. The van der Waals surface area contributed by atoms with Gasteiger partial charge >= 0.3 is 0 Å². The van der Waals surface area contributed by atoms with Crippen LogP contribution in [0.5, 0.6) is 0 Å². The molecule has 4 nitrogen and oxygen atoms in total. The molecule has 2 aromatic rings. The zero-order valence-electron chi connectivity index (χ0n) is 13.1. The number of fused-ring (bicyclic) bond motifs is 1. The Hall–Kier alpha value is -1.75. The minimum Gasteiger partial charge on any atom is -0.369 e. The molecule has 0 radical (unpaired) electrons. The third-order valence-electron chi connectivity index (χ3n) is 4.43. The Bertz CT molecular complexity index is 618. The number of hydrogen-bond acceptors (Lipinski definition) is 4. The maximum atomic E-state index is 14.0. The monoisotopic (exact) mass is 302 g/mol. The third-order valence-corrected chi connectivity index (χ3v) is 4.43. The van der Waals surface area contributed by atoms with Gasteiger partial charge in [-0.25, -0.2) is 14.4 Å². The summed E-state index contributed by atoms with van der Waals surface area (Å²) in [5, 5.41) is 3.74. The summed E-state index contributed by atoms with van der Waals surface area (Å²) in [4.78, 5) is 10.8. The highest BCUT2D eigenvalue weighted by atomic mass is 19.1. The van der Waals surface area contributed by atoms with E-state index in [1.54, 1.807) is 12.1 Å². The highest BCUT2D eigenvalue weighted by Crippen LogP contribution is 2.22. The van der Waals surface area contributed by atoms with E-state index in [2.05, 4.69) is 27.1 Å². The topological polar surface area (TPSA) is 41.0 Å². The molecular formula is C17H23FN4. The SMILES string of the molecule is CC1CCN(CCCNc2ncnc3cccc(F)c23)CC1. The van der Waals surface area contributed by atoms with Gasteiger partial charge in [-0.1, -0.05) is 13.0 Å². The molecule has 1 aliphatic heterocycles. The van der Waals surface area contributed by atoms with E-state index in [4.69, 9.17) is 0 Å². The number of halogens is 1. The predicted molar refractivity (Wildman–Crippen MR) is 87.4 cm³/mol. The first-order valence-corrected chi connectivity index (χ1v) is 8.09. The molecule has 2 heterocycles. The smallest absolute Gasteiger partial charge is 0.140 e. The van der Waals surface area contributed by atoms with Crippen LogP contribution in [0.25, 0.3) is 10.9 Å². The Kier molecular flexibility index (Phi) is 4.83. The molecule has 1 aromatic heterocycles. The molecule has 3 rings (SSSR count). The van der Waals surface area contributed by atoms with Crippen LogP contribution >= 0.6 is 0 Å². The second-order valence-corrected chi connectivity index (χ2v) is 6.16. The summed E-state index contributed by atoms with van der Waals surface area (Å²) in [5.74, 6) is 1.19. The van der Waals surface area contributed by atoms with Gasteiger partial charge in [0.05, 0.1) is 10.9 Å². The molecule has 118 valence electrons. The molecule has 0 aliphatic carbocycles. The zero-order chi connectivity index (χ0) is 15.4. The van der Waals surface area contributed by atoms with Crippen LogP contribution in [0.1, 0.15) is 26.2 Å². The molecule has 22 heavy (non-hydrogen) atoms. The van der Waals surface area contributed by atoms with Gasteiger partial charge in [0.25, 0.3) is 0 Å². The fraction of sp³-hybridized carbons (Fsp3) is 0.529. The van der Waals surface area contributed by atoms with Crippen LogP contribution in [-0.2, 0) is 0 Å². The number of rotatable bonds is 5. The first-order chi connectivity index (χ1) is 10.7.